The number of hydrogen-bond acceptors (Lipinski definition) is 4. The average molecular weight is 393 g/mol. The van der Waals surface area contributed by atoms with Gasteiger partial charge >= 0.3 is 6.36 Å². The summed E-state index contributed by atoms with van der Waals surface area (Å²) in [5.41, 5.74) is 1.22. The number of benzene rings is 1. The number of aromatic nitrogens is 3. The van der Waals surface area contributed by atoms with Crippen molar-refractivity contribution in [2.45, 2.75) is 26.3 Å². The van der Waals surface area contributed by atoms with Gasteiger partial charge in [0.1, 0.15) is 23.0 Å². The van der Waals surface area contributed by atoms with Crippen molar-refractivity contribution in [2.24, 2.45) is 0 Å². The zero-order chi connectivity index (χ0) is 20.3. The van der Waals surface area contributed by atoms with Crippen molar-refractivity contribution in [1.29, 1.82) is 0 Å². The number of alkyl halides is 3. The molecule has 3 aromatic rings. The van der Waals surface area contributed by atoms with Crippen LogP contribution in [0, 0.1) is 5.82 Å². The summed E-state index contributed by atoms with van der Waals surface area (Å²) >= 11 is 0. The topological polar surface area (TPSA) is 57.0 Å². The van der Waals surface area contributed by atoms with E-state index in [1.54, 1.807) is 37.4 Å². The molecule has 2 aromatic heterocycles. The second kappa shape index (κ2) is 7.79. The first-order valence-corrected chi connectivity index (χ1v) is 8.33. The monoisotopic (exact) mass is 393 g/mol. The second-order valence-electron chi connectivity index (χ2n) is 5.88. The van der Waals surface area contributed by atoms with Crippen LogP contribution in [0.2, 0.25) is 0 Å². The first kappa shape index (κ1) is 19.5. The summed E-state index contributed by atoms with van der Waals surface area (Å²) in [5, 5.41) is 4.26. The Morgan fingerprint density at radius 2 is 1.93 bits per heavy atom. The molecule has 0 N–H and O–H groups in total. The summed E-state index contributed by atoms with van der Waals surface area (Å²) in [6.07, 6.45) is -3.00. The number of halogens is 4. The highest BCUT2D eigenvalue weighted by Gasteiger charge is 2.31. The highest BCUT2D eigenvalue weighted by Crippen LogP contribution is 2.25. The first-order valence-electron chi connectivity index (χ1n) is 8.33. The van der Waals surface area contributed by atoms with Gasteiger partial charge in [0.05, 0.1) is 12.2 Å². The van der Waals surface area contributed by atoms with Crippen molar-refractivity contribution in [2.75, 3.05) is 0 Å². The molecule has 5 nitrogen and oxygen atoms in total. The van der Waals surface area contributed by atoms with E-state index in [0.29, 0.717) is 23.5 Å². The van der Waals surface area contributed by atoms with Crippen LogP contribution < -0.4 is 4.74 Å². The third-order valence-corrected chi connectivity index (χ3v) is 3.84. The van der Waals surface area contributed by atoms with Crippen LogP contribution in [0.1, 0.15) is 29.4 Å². The molecule has 0 saturated carbocycles. The molecule has 1 aromatic carbocycles. The third kappa shape index (κ3) is 4.73. The van der Waals surface area contributed by atoms with E-state index in [2.05, 4.69) is 14.8 Å². The van der Waals surface area contributed by atoms with Crippen LogP contribution in [0.25, 0.3) is 11.4 Å². The van der Waals surface area contributed by atoms with Crippen LogP contribution in [-0.2, 0) is 6.54 Å². The number of hydrogen-bond donors (Lipinski definition) is 0. The number of Topliss-reactive ketones (excluding diaryl/α,β-unsaturated/α-hetero) is 1. The van der Waals surface area contributed by atoms with Crippen LogP contribution in [0.15, 0.2) is 48.7 Å². The van der Waals surface area contributed by atoms with Gasteiger partial charge in [-0.2, -0.15) is 5.10 Å². The van der Waals surface area contributed by atoms with E-state index in [1.165, 1.54) is 4.68 Å². The summed E-state index contributed by atoms with van der Waals surface area (Å²) in [6.45, 7) is 1.63. The van der Waals surface area contributed by atoms with Gasteiger partial charge in [-0.1, -0.05) is 13.0 Å². The highest BCUT2D eigenvalue weighted by molar-refractivity contribution is 5.94. The van der Waals surface area contributed by atoms with Crippen LogP contribution in [0.5, 0.6) is 5.75 Å². The Morgan fingerprint density at radius 3 is 2.64 bits per heavy atom. The predicted molar refractivity (Wildman–Crippen MR) is 92.3 cm³/mol. The largest absolute Gasteiger partial charge is 0.573 e. The second-order valence-corrected chi connectivity index (χ2v) is 5.88. The molecular formula is C19H15F4N3O2. The lowest BCUT2D eigenvalue weighted by atomic mass is 10.2. The quantitative estimate of drug-likeness (QED) is 0.453. The molecule has 0 spiro atoms. The van der Waals surface area contributed by atoms with Gasteiger partial charge in [-0.25, -0.2) is 9.37 Å². The van der Waals surface area contributed by atoms with Crippen molar-refractivity contribution in [3.63, 3.8) is 0 Å². The van der Waals surface area contributed by atoms with Crippen molar-refractivity contribution in [3.8, 4) is 17.1 Å². The molecule has 0 aliphatic carbocycles. The zero-order valence-electron chi connectivity index (χ0n) is 14.7. The molecule has 0 amide bonds. The van der Waals surface area contributed by atoms with E-state index in [1.807, 2.05) is 0 Å². The molecule has 2 heterocycles. The molecule has 146 valence electrons. The standard InChI is InChI=1S/C19H15F4N3O2/c1-2-18(27)17-5-3-4-15(24-17)16-8-9-26(25-16)11-12-10-13(6-7-14(12)20)28-19(21,22)23/h3-10H,2,11H2,1H3. The molecule has 0 aliphatic rings. The minimum atomic E-state index is -4.86. The molecular weight excluding hydrogens is 378 g/mol. The van der Waals surface area contributed by atoms with Crippen molar-refractivity contribution < 1.29 is 27.1 Å². The normalized spacial score (nSPS) is 11.5. The van der Waals surface area contributed by atoms with Crippen LogP contribution >= 0.6 is 0 Å². The summed E-state index contributed by atoms with van der Waals surface area (Å²) in [5.74, 6) is -1.30. The number of carbonyl (C=O) groups is 1. The minimum Gasteiger partial charge on any atom is -0.406 e. The van der Waals surface area contributed by atoms with E-state index in [-0.39, 0.29) is 17.9 Å². The SMILES string of the molecule is CCC(=O)c1cccc(-c2ccn(Cc3cc(OC(F)(F)F)ccc3F)n2)n1. The molecule has 9 heteroatoms. The number of rotatable bonds is 6. The van der Waals surface area contributed by atoms with E-state index in [4.69, 9.17) is 0 Å². The highest BCUT2D eigenvalue weighted by atomic mass is 19.4. The Kier molecular flexibility index (Phi) is 5.43. The Hall–Kier alpha value is -3.23. The van der Waals surface area contributed by atoms with E-state index in [9.17, 15) is 22.4 Å². The molecule has 0 bridgehead atoms. The van der Waals surface area contributed by atoms with E-state index >= 15 is 0 Å². The summed E-state index contributed by atoms with van der Waals surface area (Å²) in [7, 11) is 0. The maximum absolute atomic E-state index is 14.0. The Balaban J connectivity index is 1.82. The fourth-order valence-electron chi connectivity index (χ4n) is 2.54. The van der Waals surface area contributed by atoms with Gasteiger partial charge in [-0.05, 0) is 36.4 Å². The number of ketones is 1. The number of ether oxygens (including phenoxy) is 1. The van der Waals surface area contributed by atoms with Gasteiger partial charge in [0.25, 0.3) is 0 Å². The fourth-order valence-corrected chi connectivity index (χ4v) is 2.54. The van der Waals surface area contributed by atoms with E-state index in [0.717, 1.165) is 18.2 Å². The lowest BCUT2D eigenvalue weighted by Gasteiger charge is -2.11. The van der Waals surface area contributed by atoms with Crippen molar-refractivity contribution in [3.05, 3.63) is 65.7 Å². The van der Waals surface area contributed by atoms with Crippen molar-refractivity contribution in [1.82, 2.24) is 14.8 Å². The van der Waals surface area contributed by atoms with E-state index < -0.39 is 17.9 Å². The predicted octanol–water partition coefficient (Wildman–Crippen LogP) is 4.62. The average Bonchev–Trinajstić information content (AvgIpc) is 3.11. The smallest absolute Gasteiger partial charge is 0.406 e. The molecule has 3 rings (SSSR count). The molecule has 0 saturated heterocycles. The minimum absolute atomic E-state index is 0.0146. The van der Waals surface area contributed by atoms with Crippen LogP contribution in [0.4, 0.5) is 17.6 Å². The van der Waals surface area contributed by atoms with Gasteiger partial charge in [-0.3, -0.25) is 9.48 Å². The van der Waals surface area contributed by atoms with Crippen molar-refractivity contribution >= 4 is 5.78 Å². The number of pyridine rings is 1. The Morgan fingerprint density at radius 1 is 1.14 bits per heavy atom. The first-order chi connectivity index (χ1) is 13.2. The molecule has 0 fully saturated rings. The van der Waals surface area contributed by atoms with Gasteiger partial charge in [0, 0.05) is 18.2 Å². The van der Waals surface area contributed by atoms with Gasteiger partial charge in [0.15, 0.2) is 5.78 Å². The molecule has 0 atom stereocenters. The maximum atomic E-state index is 14.0. The Bertz CT molecular complexity index is 999. The van der Waals surface area contributed by atoms with Gasteiger partial charge in [-0.15, -0.1) is 13.2 Å². The number of carbonyl (C=O) groups excluding carboxylic acids is 1. The van der Waals surface area contributed by atoms with Gasteiger partial charge < -0.3 is 4.74 Å². The number of nitrogens with zero attached hydrogens (tertiary/aromatic N) is 3. The lowest BCUT2D eigenvalue weighted by molar-refractivity contribution is -0.274. The van der Waals surface area contributed by atoms with Crippen LogP contribution in [-0.4, -0.2) is 26.9 Å². The summed E-state index contributed by atoms with van der Waals surface area (Å²) in [4.78, 5) is 16.1. The zero-order valence-corrected chi connectivity index (χ0v) is 14.7. The lowest BCUT2D eigenvalue weighted by Crippen LogP contribution is -2.17. The molecule has 28 heavy (non-hydrogen) atoms. The fraction of sp³-hybridized carbons (Fsp3) is 0.211. The maximum Gasteiger partial charge on any atom is 0.573 e. The molecule has 0 radical (unpaired) electrons. The summed E-state index contributed by atoms with van der Waals surface area (Å²) < 4.78 is 56.2. The molecule has 0 aliphatic heterocycles. The third-order valence-electron chi connectivity index (χ3n) is 3.84. The molecule has 0 unspecified atom stereocenters. The Labute approximate surface area is 157 Å². The summed E-state index contributed by atoms with van der Waals surface area (Å²) in [6, 6.07) is 9.37. The van der Waals surface area contributed by atoms with Crippen LogP contribution in [0.3, 0.4) is 0 Å². The van der Waals surface area contributed by atoms with Gasteiger partial charge in [0.2, 0.25) is 0 Å².